The average Bonchev–Trinajstić information content (AvgIpc) is 2.60. The van der Waals surface area contributed by atoms with Gasteiger partial charge < -0.3 is 16.0 Å². The summed E-state index contributed by atoms with van der Waals surface area (Å²) in [7, 11) is 0. The molecule has 0 aliphatic rings. The predicted molar refractivity (Wildman–Crippen MR) is 99.9 cm³/mol. The average molecular weight is 356 g/mol. The Bertz CT molecular complexity index is 496. The Kier molecular flexibility index (Phi) is 10.3. The lowest BCUT2D eigenvalue weighted by Gasteiger charge is -2.29. The van der Waals surface area contributed by atoms with E-state index in [1.54, 1.807) is 4.90 Å². The van der Waals surface area contributed by atoms with Crippen LogP contribution in [0.15, 0.2) is 30.3 Å². The quantitative estimate of drug-likeness (QED) is 0.713. The minimum absolute atomic E-state index is 0. The van der Waals surface area contributed by atoms with Crippen molar-refractivity contribution in [2.24, 2.45) is 11.1 Å². The van der Waals surface area contributed by atoms with Crippen LogP contribution in [0.3, 0.4) is 0 Å². The van der Waals surface area contributed by atoms with Gasteiger partial charge in [0.15, 0.2) is 0 Å². The van der Waals surface area contributed by atoms with Crippen molar-refractivity contribution in [3.8, 4) is 0 Å². The van der Waals surface area contributed by atoms with Crippen molar-refractivity contribution in [3.05, 3.63) is 35.9 Å². The van der Waals surface area contributed by atoms with Crippen LogP contribution in [0.5, 0.6) is 0 Å². The van der Waals surface area contributed by atoms with Gasteiger partial charge in [0.1, 0.15) is 0 Å². The van der Waals surface area contributed by atoms with Crippen LogP contribution in [-0.2, 0) is 16.1 Å². The van der Waals surface area contributed by atoms with E-state index in [0.29, 0.717) is 32.5 Å². The van der Waals surface area contributed by atoms with Gasteiger partial charge in [0, 0.05) is 19.6 Å². The fourth-order valence-electron chi connectivity index (χ4n) is 2.59. The van der Waals surface area contributed by atoms with Crippen LogP contribution in [0.4, 0.5) is 0 Å². The molecule has 0 heterocycles. The fraction of sp³-hybridized carbons (Fsp3) is 0.556. The highest BCUT2D eigenvalue weighted by molar-refractivity contribution is 5.88. The molecule has 0 spiro atoms. The number of carbonyl (C=O) groups is 2. The molecule has 3 N–H and O–H groups in total. The molecule has 2 amide bonds. The van der Waals surface area contributed by atoms with Gasteiger partial charge in [-0.1, -0.05) is 44.2 Å². The number of nitrogens with two attached hydrogens (primary N) is 1. The molecule has 0 fully saturated rings. The molecule has 6 heteroatoms. The van der Waals surface area contributed by atoms with Crippen LogP contribution >= 0.6 is 12.4 Å². The van der Waals surface area contributed by atoms with E-state index in [-0.39, 0.29) is 30.8 Å². The summed E-state index contributed by atoms with van der Waals surface area (Å²) < 4.78 is 0. The number of hydrogen-bond acceptors (Lipinski definition) is 3. The van der Waals surface area contributed by atoms with E-state index in [9.17, 15) is 9.59 Å². The zero-order valence-corrected chi connectivity index (χ0v) is 15.7. The van der Waals surface area contributed by atoms with E-state index in [2.05, 4.69) is 5.32 Å². The molecule has 136 valence electrons. The molecule has 0 radical (unpaired) electrons. The second-order valence-electron chi connectivity index (χ2n) is 5.77. The summed E-state index contributed by atoms with van der Waals surface area (Å²) in [6.45, 7) is 7.30. The van der Waals surface area contributed by atoms with E-state index in [1.165, 1.54) is 0 Å². The van der Waals surface area contributed by atoms with Crippen LogP contribution in [0.1, 0.15) is 39.2 Å². The number of halogens is 1. The number of nitrogens with zero attached hydrogens (tertiary/aromatic N) is 1. The third-order valence-corrected chi connectivity index (χ3v) is 4.58. The molecule has 1 aromatic rings. The summed E-state index contributed by atoms with van der Waals surface area (Å²) in [6, 6.07) is 9.83. The highest BCUT2D eigenvalue weighted by Crippen LogP contribution is 2.24. The van der Waals surface area contributed by atoms with Gasteiger partial charge in [-0.05, 0) is 25.3 Å². The number of rotatable bonds is 9. The van der Waals surface area contributed by atoms with Gasteiger partial charge in [-0.2, -0.15) is 0 Å². The van der Waals surface area contributed by atoms with Crippen LogP contribution in [-0.4, -0.2) is 36.3 Å². The normalized spacial score (nSPS) is 10.7. The SMILES string of the molecule is CCN(Cc1ccccc1)C(=O)CNC(=O)C(CC)(CC)CN.Cl. The number of nitrogens with one attached hydrogen (secondary N) is 1. The number of hydrogen-bond donors (Lipinski definition) is 2. The maximum atomic E-state index is 12.4. The van der Waals surface area contributed by atoms with Crippen molar-refractivity contribution in [1.29, 1.82) is 0 Å². The molecule has 5 nitrogen and oxygen atoms in total. The Morgan fingerprint density at radius 1 is 1.12 bits per heavy atom. The largest absolute Gasteiger partial charge is 0.347 e. The molecular formula is C18H30ClN3O2. The van der Waals surface area contributed by atoms with Crippen molar-refractivity contribution in [2.75, 3.05) is 19.6 Å². The van der Waals surface area contributed by atoms with E-state index >= 15 is 0 Å². The maximum absolute atomic E-state index is 12.4. The Labute approximate surface area is 151 Å². The first-order valence-corrected chi connectivity index (χ1v) is 8.33. The van der Waals surface area contributed by atoms with E-state index in [4.69, 9.17) is 5.73 Å². The van der Waals surface area contributed by atoms with Gasteiger partial charge in [-0.3, -0.25) is 9.59 Å². The molecule has 0 saturated heterocycles. The van der Waals surface area contributed by atoms with Crippen molar-refractivity contribution < 1.29 is 9.59 Å². The zero-order chi connectivity index (χ0) is 17.3. The van der Waals surface area contributed by atoms with Crippen molar-refractivity contribution in [1.82, 2.24) is 10.2 Å². The number of amides is 2. The summed E-state index contributed by atoms with van der Waals surface area (Å²) in [5, 5.41) is 2.77. The summed E-state index contributed by atoms with van der Waals surface area (Å²) in [5.41, 5.74) is 6.27. The first-order chi connectivity index (χ1) is 11.0. The molecule has 1 aromatic carbocycles. The van der Waals surface area contributed by atoms with Crippen molar-refractivity contribution in [3.63, 3.8) is 0 Å². The first kappa shape index (κ1) is 22.4. The molecule has 0 bridgehead atoms. The molecule has 0 aromatic heterocycles. The van der Waals surface area contributed by atoms with E-state index < -0.39 is 5.41 Å². The minimum atomic E-state index is -0.573. The highest BCUT2D eigenvalue weighted by Gasteiger charge is 2.33. The minimum Gasteiger partial charge on any atom is -0.347 e. The van der Waals surface area contributed by atoms with Crippen molar-refractivity contribution in [2.45, 2.75) is 40.2 Å². The van der Waals surface area contributed by atoms with Crippen LogP contribution in [0, 0.1) is 5.41 Å². The standard InChI is InChI=1S/C18H29N3O2.ClH/c1-4-18(5-2,14-19)17(23)20-12-16(22)21(6-3)13-15-10-8-7-9-11-15;/h7-11H,4-6,12-14,19H2,1-3H3,(H,20,23);1H. The van der Waals surface area contributed by atoms with Crippen LogP contribution in [0.25, 0.3) is 0 Å². The molecule has 0 unspecified atom stereocenters. The van der Waals surface area contributed by atoms with Crippen LogP contribution in [0.2, 0.25) is 0 Å². The van der Waals surface area contributed by atoms with Gasteiger partial charge in [0.2, 0.25) is 11.8 Å². The predicted octanol–water partition coefficient (Wildman–Crippen LogP) is 2.34. The van der Waals surface area contributed by atoms with E-state index in [1.807, 2.05) is 51.1 Å². The Balaban J connectivity index is 0.00000529. The third kappa shape index (κ3) is 5.80. The Hall–Kier alpha value is -1.59. The summed E-state index contributed by atoms with van der Waals surface area (Å²) in [5.74, 6) is -0.211. The summed E-state index contributed by atoms with van der Waals surface area (Å²) >= 11 is 0. The first-order valence-electron chi connectivity index (χ1n) is 8.33. The summed E-state index contributed by atoms with van der Waals surface area (Å²) in [6.07, 6.45) is 1.34. The van der Waals surface area contributed by atoms with Gasteiger partial charge in [0.05, 0.1) is 12.0 Å². The number of likely N-dealkylation sites (N-methyl/N-ethyl adjacent to an activating group) is 1. The molecule has 24 heavy (non-hydrogen) atoms. The Morgan fingerprint density at radius 2 is 1.71 bits per heavy atom. The summed E-state index contributed by atoms with van der Waals surface area (Å²) in [4.78, 5) is 26.5. The van der Waals surface area contributed by atoms with Gasteiger partial charge >= 0.3 is 0 Å². The molecule has 1 rings (SSSR count). The molecule has 0 aliphatic carbocycles. The van der Waals surface area contributed by atoms with Crippen LogP contribution < -0.4 is 11.1 Å². The lowest BCUT2D eigenvalue weighted by atomic mass is 9.81. The lowest BCUT2D eigenvalue weighted by molar-refractivity contribution is -0.136. The molecule has 0 atom stereocenters. The second-order valence-corrected chi connectivity index (χ2v) is 5.77. The monoisotopic (exact) mass is 355 g/mol. The topological polar surface area (TPSA) is 75.4 Å². The van der Waals surface area contributed by atoms with E-state index in [0.717, 1.165) is 5.56 Å². The van der Waals surface area contributed by atoms with Gasteiger partial charge in [-0.15, -0.1) is 12.4 Å². The lowest BCUT2D eigenvalue weighted by Crippen LogP contribution is -2.48. The Morgan fingerprint density at radius 3 is 2.17 bits per heavy atom. The smallest absolute Gasteiger partial charge is 0.242 e. The molecular weight excluding hydrogens is 326 g/mol. The molecule has 0 saturated carbocycles. The van der Waals surface area contributed by atoms with Gasteiger partial charge in [0.25, 0.3) is 0 Å². The highest BCUT2D eigenvalue weighted by atomic mass is 35.5. The zero-order valence-electron chi connectivity index (χ0n) is 14.9. The number of benzene rings is 1. The maximum Gasteiger partial charge on any atom is 0.242 e. The molecule has 0 aliphatic heterocycles. The second kappa shape index (κ2) is 11.0. The fourth-order valence-corrected chi connectivity index (χ4v) is 2.59. The van der Waals surface area contributed by atoms with Crippen molar-refractivity contribution >= 4 is 24.2 Å². The van der Waals surface area contributed by atoms with Gasteiger partial charge in [-0.25, -0.2) is 0 Å². The number of carbonyl (C=O) groups excluding carboxylic acids is 2. The third-order valence-electron chi connectivity index (χ3n) is 4.58.